The number of anilines is 2. The van der Waals surface area contributed by atoms with Crippen molar-refractivity contribution >= 4 is 40.8 Å². The molecule has 174 valence electrons. The molecule has 0 radical (unpaired) electrons. The average molecular weight is 474 g/mol. The summed E-state index contributed by atoms with van der Waals surface area (Å²) in [4.78, 5) is 33.8. The smallest absolute Gasteiger partial charge is 0.414 e. The normalized spacial score (nSPS) is 18.2. The van der Waals surface area contributed by atoms with Gasteiger partial charge in [-0.25, -0.2) is 9.18 Å². The van der Waals surface area contributed by atoms with Crippen LogP contribution in [-0.2, 0) is 9.47 Å². The van der Waals surface area contributed by atoms with Crippen LogP contribution in [0.1, 0.15) is 10.4 Å². The number of rotatable bonds is 5. The van der Waals surface area contributed by atoms with Gasteiger partial charge in [0.2, 0.25) is 0 Å². The van der Waals surface area contributed by atoms with Gasteiger partial charge >= 0.3 is 6.09 Å². The number of ether oxygens (including phenoxy) is 2. The number of halogens is 1. The van der Waals surface area contributed by atoms with Crippen LogP contribution in [0, 0.1) is 5.82 Å². The maximum absolute atomic E-state index is 15.0. The summed E-state index contributed by atoms with van der Waals surface area (Å²) in [6, 6.07) is 8.06. The molecule has 1 N–H and O–H groups in total. The molecule has 2 saturated heterocycles. The number of carbonyl (C=O) groups is 2. The molecule has 0 aliphatic carbocycles. The number of nitrogens with one attached hydrogen (secondary N) is 1. The molecule has 11 heteroatoms. The van der Waals surface area contributed by atoms with Gasteiger partial charge in [0.05, 0.1) is 31.6 Å². The molecule has 1 atom stereocenters. The number of thiocarbonyl (C=S) groups is 1. The van der Waals surface area contributed by atoms with E-state index in [2.05, 4.69) is 10.3 Å². The van der Waals surface area contributed by atoms with Crippen molar-refractivity contribution in [3.63, 3.8) is 0 Å². The van der Waals surface area contributed by atoms with E-state index in [0.717, 1.165) is 0 Å². The number of aromatic nitrogens is 1. The summed E-state index contributed by atoms with van der Waals surface area (Å²) in [5.41, 5.74) is 1.44. The fourth-order valence-electron chi connectivity index (χ4n) is 3.86. The second-order valence-electron chi connectivity index (χ2n) is 7.64. The van der Waals surface area contributed by atoms with Crippen molar-refractivity contribution in [2.24, 2.45) is 0 Å². The average Bonchev–Trinajstić information content (AvgIpc) is 3.23. The third-order valence-corrected chi connectivity index (χ3v) is 5.92. The summed E-state index contributed by atoms with van der Waals surface area (Å²) in [6.07, 6.45) is 2.20. The van der Waals surface area contributed by atoms with Crippen LogP contribution in [0.4, 0.5) is 20.6 Å². The number of amides is 2. The van der Waals surface area contributed by atoms with Crippen molar-refractivity contribution in [1.29, 1.82) is 0 Å². The van der Waals surface area contributed by atoms with Gasteiger partial charge in [0.1, 0.15) is 11.9 Å². The lowest BCUT2D eigenvalue weighted by Crippen LogP contribution is -2.49. The number of carbonyl (C=O) groups excluding carboxylic acids is 2. The van der Waals surface area contributed by atoms with Crippen LogP contribution in [0.5, 0.6) is 0 Å². The zero-order valence-electron chi connectivity index (χ0n) is 18.1. The van der Waals surface area contributed by atoms with Gasteiger partial charge in [-0.1, -0.05) is 0 Å². The Kier molecular flexibility index (Phi) is 6.87. The summed E-state index contributed by atoms with van der Waals surface area (Å²) < 4.78 is 25.2. The Morgan fingerprint density at radius 2 is 1.97 bits per heavy atom. The Hall–Kier alpha value is -3.47. The van der Waals surface area contributed by atoms with Gasteiger partial charge in [0.15, 0.2) is 0 Å². The predicted molar refractivity (Wildman–Crippen MR) is 124 cm³/mol. The molecule has 1 aromatic heterocycles. The molecule has 0 bridgehead atoms. The third-order valence-electron chi connectivity index (χ3n) is 5.61. The first kappa shape index (κ1) is 22.7. The molecule has 9 nitrogen and oxygen atoms in total. The number of benzene rings is 1. The van der Waals surface area contributed by atoms with E-state index < -0.39 is 18.0 Å². The fourth-order valence-corrected chi connectivity index (χ4v) is 3.94. The minimum atomic E-state index is -0.541. The Morgan fingerprint density at radius 1 is 1.24 bits per heavy atom. The first-order chi connectivity index (χ1) is 16.0. The number of hydrogen-bond donors (Lipinski definition) is 1. The van der Waals surface area contributed by atoms with Crippen molar-refractivity contribution < 1.29 is 23.5 Å². The summed E-state index contributed by atoms with van der Waals surface area (Å²) in [5, 5.41) is 3.06. The van der Waals surface area contributed by atoms with E-state index in [1.165, 1.54) is 18.1 Å². The lowest BCUT2D eigenvalue weighted by molar-refractivity contribution is 0.0746. The minimum absolute atomic E-state index is 0.0595. The lowest BCUT2D eigenvalue weighted by atomic mass is 10.2. The maximum Gasteiger partial charge on any atom is 0.414 e. The SMILES string of the molecule is COC(=S)NC[C@H]1CN(c2ccc(N3CCN(C(=O)c4ccncc4)CC3)c(F)c2)C(=O)O1. The van der Waals surface area contributed by atoms with Crippen molar-refractivity contribution in [1.82, 2.24) is 15.2 Å². The molecule has 33 heavy (non-hydrogen) atoms. The summed E-state index contributed by atoms with van der Waals surface area (Å²) in [6.45, 7) is 2.56. The van der Waals surface area contributed by atoms with E-state index in [1.807, 2.05) is 4.90 Å². The van der Waals surface area contributed by atoms with Crippen LogP contribution in [0.15, 0.2) is 42.7 Å². The zero-order chi connectivity index (χ0) is 23.4. The Morgan fingerprint density at radius 3 is 2.64 bits per heavy atom. The van der Waals surface area contributed by atoms with Gasteiger partial charge in [0, 0.05) is 44.1 Å². The number of pyridine rings is 1. The number of cyclic esters (lactones) is 1. The molecule has 0 spiro atoms. The van der Waals surface area contributed by atoms with Crippen LogP contribution in [0.25, 0.3) is 0 Å². The topological polar surface area (TPSA) is 87.2 Å². The van der Waals surface area contributed by atoms with Gasteiger partial charge < -0.3 is 24.6 Å². The molecule has 2 aliphatic heterocycles. The quantitative estimate of drug-likeness (QED) is 0.661. The van der Waals surface area contributed by atoms with Crippen LogP contribution in [0.2, 0.25) is 0 Å². The molecule has 0 unspecified atom stereocenters. The maximum atomic E-state index is 15.0. The van der Waals surface area contributed by atoms with Crippen molar-refractivity contribution in [3.8, 4) is 0 Å². The van der Waals surface area contributed by atoms with Gasteiger partial charge in [0.25, 0.3) is 11.1 Å². The largest absolute Gasteiger partial charge is 0.474 e. The van der Waals surface area contributed by atoms with Crippen LogP contribution in [-0.4, -0.2) is 79.5 Å². The number of piperazine rings is 1. The fraction of sp³-hybridized carbons (Fsp3) is 0.364. The molecule has 3 heterocycles. The highest BCUT2D eigenvalue weighted by molar-refractivity contribution is 7.80. The summed E-state index contributed by atoms with van der Waals surface area (Å²) in [5.74, 6) is -0.493. The highest BCUT2D eigenvalue weighted by Gasteiger charge is 2.33. The lowest BCUT2D eigenvalue weighted by Gasteiger charge is -2.36. The van der Waals surface area contributed by atoms with Gasteiger partial charge in [-0.3, -0.25) is 14.7 Å². The third kappa shape index (κ3) is 5.14. The van der Waals surface area contributed by atoms with E-state index in [1.54, 1.807) is 41.6 Å². The minimum Gasteiger partial charge on any atom is -0.474 e. The second kappa shape index (κ2) is 9.99. The Labute approximate surface area is 196 Å². The highest BCUT2D eigenvalue weighted by Crippen LogP contribution is 2.28. The summed E-state index contributed by atoms with van der Waals surface area (Å²) in [7, 11) is 1.45. The monoisotopic (exact) mass is 473 g/mol. The van der Waals surface area contributed by atoms with Gasteiger partial charge in [-0.15, -0.1) is 0 Å². The molecule has 2 aromatic rings. The number of nitrogens with zero attached hydrogens (tertiary/aromatic N) is 4. The Balaban J connectivity index is 1.36. The molecule has 2 aliphatic rings. The Bertz CT molecular complexity index is 1030. The molecule has 2 fully saturated rings. The van der Waals surface area contributed by atoms with Crippen LogP contribution in [0.3, 0.4) is 0 Å². The zero-order valence-corrected chi connectivity index (χ0v) is 18.9. The molecule has 0 saturated carbocycles. The number of methoxy groups -OCH3 is 1. The molecule has 4 rings (SSSR count). The van der Waals surface area contributed by atoms with E-state index in [9.17, 15) is 14.0 Å². The summed E-state index contributed by atoms with van der Waals surface area (Å²) >= 11 is 4.92. The second-order valence-corrected chi connectivity index (χ2v) is 8.01. The van der Waals surface area contributed by atoms with Crippen molar-refractivity contribution in [2.45, 2.75) is 6.10 Å². The van der Waals surface area contributed by atoms with Crippen molar-refractivity contribution in [2.75, 3.05) is 56.2 Å². The van der Waals surface area contributed by atoms with Crippen LogP contribution < -0.4 is 15.1 Å². The highest BCUT2D eigenvalue weighted by atomic mass is 32.1. The predicted octanol–water partition coefficient (Wildman–Crippen LogP) is 2.03. The molecular formula is C22H24FN5O4S. The van der Waals surface area contributed by atoms with E-state index in [-0.39, 0.29) is 17.6 Å². The van der Waals surface area contributed by atoms with Gasteiger partial charge in [-0.2, -0.15) is 0 Å². The van der Waals surface area contributed by atoms with E-state index in [4.69, 9.17) is 21.7 Å². The molecule has 1 aromatic carbocycles. The first-order valence-electron chi connectivity index (χ1n) is 10.5. The number of hydrogen-bond acceptors (Lipinski definition) is 7. The van der Waals surface area contributed by atoms with E-state index >= 15 is 0 Å². The van der Waals surface area contributed by atoms with E-state index in [0.29, 0.717) is 49.7 Å². The molecule has 2 amide bonds. The van der Waals surface area contributed by atoms with Crippen LogP contribution >= 0.6 is 12.2 Å². The van der Waals surface area contributed by atoms with Crippen molar-refractivity contribution in [3.05, 3.63) is 54.1 Å². The standard InChI is InChI=1S/C22H24FN5O4S/c1-31-21(33)25-13-17-14-28(22(30)32-17)16-2-3-19(18(23)12-16)26-8-10-27(11-9-26)20(29)15-4-6-24-7-5-15/h2-7,12,17H,8-11,13-14H2,1H3,(H,25,33)/t17-/m0/s1. The molecular weight excluding hydrogens is 449 g/mol. The van der Waals surface area contributed by atoms with Gasteiger partial charge in [-0.05, 0) is 42.5 Å². The first-order valence-corrected chi connectivity index (χ1v) is 10.9.